The first-order chi connectivity index (χ1) is 9.63. The third-order valence-corrected chi connectivity index (χ3v) is 3.84. The van der Waals surface area contributed by atoms with Crippen LogP contribution in [0, 0.1) is 5.92 Å². The van der Waals surface area contributed by atoms with Crippen LogP contribution in [0.15, 0.2) is 6.07 Å². The summed E-state index contributed by atoms with van der Waals surface area (Å²) in [7, 11) is 3.69. The third-order valence-electron chi connectivity index (χ3n) is 3.84. The highest BCUT2D eigenvalue weighted by Gasteiger charge is 2.21. The zero-order valence-corrected chi connectivity index (χ0v) is 13.0. The Balaban J connectivity index is 2.10. The van der Waals surface area contributed by atoms with Crippen LogP contribution >= 0.6 is 0 Å². The molecular formula is C15H26N4O. The Morgan fingerprint density at radius 1 is 1.35 bits per heavy atom. The average Bonchev–Trinajstić information content (AvgIpc) is 2.47. The lowest BCUT2D eigenvalue weighted by Gasteiger charge is -2.32. The molecule has 5 heteroatoms. The summed E-state index contributed by atoms with van der Waals surface area (Å²) in [5.41, 5.74) is 0. The second-order valence-corrected chi connectivity index (χ2v) is 5.76. The van der Waals surface area contributed by atoms with Crippen LogP contribution < -0.4 is 10.2 Å². The maximum absolute atomic E-state index is 5.26. The molecule has 0 aliphatic carbocycles. The first-order valence-corrected chi connectivity index (χ1v) is 7.44. The zero-order valence-electron chi connectivity index (χ0n) is 13.0. The lowest BCUT2D eigenvalue weighted by Crippen LogP contribution is -2.35. The van der Waals surface area contributed by atoms with Crippen LogP contribution in [0.2, 0.25) is 0 Å². The number of rotatable bonds is 5. The largest absolute Gasteiger partial charge is 0.384 e. The van der Waals surface area contributed by atoms with Crippen molar-refractivity contribution in [1.29, 1.82) is 0 Å². The highest BCUT2D eigenvalue weighted by Crippen LogP contribution is 2.25. The van der Waals surface area contributed by atoms with E-state index in [1.54, 1.807) is 7.11 Å². The van der Waals surface area contributed by atoms with E-state index >= 15 is 0 Å². The number of anilines is 2. The van der Waals surface area contributed by atoms with Crippen LogP contribution in [0.25, 0.3) is 0 Å². The Hall–Kier alpha value is -1.36. The summed E-state index contributed by atoms with van der Waals surface area (Å²) in [6, 6.07) is 2.04. The minimum atomic E-state index is 0.341. The number of hydrogen-bond acceptors (Lipinski definition) is 5. The van der Waals surface area contributed by atoms with Crippen molar-refractivity contribution in [2.45, 2.75) is 32.6 Å². The van der Waals surface area contributed by atoms with Gasteiger partial charge in [0.15, 0.2) is 0 Å². The van der Waals surface area contributed by atoms with Gasteiger partial charge in [-0.2, -0.15) is 0 Å². The lowest BCUT2D eigenvalue weighted by atomic mass is 9.98. The molecule has 1 aliphatic heterocycles. The maximum Gasteiger partial charge on any atom is 0.135 e. The second-order valence-electron chi connectivity index (χ2n) is 5.76. The molecule has 0 unspecified atom stereocenters. The molecule has 112 valence electrons. The molecule has 1 aromatic rings. The molecule has 2 rings (SSSR count). The quantitative estimate of drug-likeness (QED) is 0.897. The minimum Gasteiger partial charge on any atom is -0.384 e. The van der Waals surface area contributed by atoms with Gasteiger partial charge >= 0.3 is 0 Å². The lowest BCUT2D eigenvalue weighted by molar-refractivity contribution is 0.139. The summed E-state index contributed by atoms with van der Waals surface area (Å²) >= 11 is 0. The average molecular weight is 278 g/mol. The number of ether oxygens (including phenoxy) is 1. The number of piperidine rings is 1. The van der Waals surface area contributed by atoms with Gasteiger partial charge in [0.05, 0.1) is 0 Å². The molecule has 1 saturated heterocycles. The summed E-state index contributed by atoms with van der Waals surface area (Å²) < 4.78 is 5.26. The molecule has 0 aromatic carbocycles. The molecule has 0 radical (unpaired) electrons. The first-order valence-electron chi connectivity index (χ1n) is 7.44. The predicted octanol–water partition coefficient (Wildman–Crippen LogP) is 2.50. The van der Waals surface area contributed by atoms with Crippen molar-refractivity contribution < 1.29 is 4.74 Å². The van der Waals surface area contributed by atoms with Gasteiger partial charge in [-0.15, -0.1) is 0 Å². The van der Waals surface area contributed by atoms with Gasteiger partial charge in [-0.25, -0.2) is 9.97 Å². The topological polar surface area (TPSA) is 50.3 Å². The van der Waals surface area contributed by atoms with Crippen molar-refractivity contribution in [3.8, 4) is 0 Å². The highest BCUT2D eigenvalue weighted by molar-refractivity contribution is 5.49. The van der Waals surface area contributed by atoms with E-state index in [1.165, 1.54) is 12.8 Å². The van der Waals surface area contributed by atoms with E-state index in [4.69, 9.17) is 9.72 Å². The second kappa shape index (κ2) is 6.88. The SMILES string of the molecule is CNc1cc(N2CCC(COC)CC2)nc(C(C)C)n1. The Labute approximate surface area is 121 Å². The molecule has 1 aromatic heterocycles. The van der Waals surface area contributed by atoms with E-state index in [1.807, 2.05) is 13.1 Å². The minimum absolute atomic E-state index is 0.341. The van der Waals surface area contributed by atoms with Crippen LogP contribution in [-0.4, -0.2) is 43.8 Å². The summed E-state index contributed by atoms with van der Waals surface area (Å²) in [6.07, 6.45) is 2.34. The summed E-state index contributed by atoms with van der Waals surface area (Å²) in [5.74, 6) is 3.88. The van der Waals surface area contributed by atoms with E-state index in [9.17, 15) is 0 Å². The van der Waals surface area contributed by atoms with Crippen molar-refractivity contribution in [1.82, 2.24) is 9.97 Å². The normalized spacial score (nSPS) is 16.8. The van der Waals surface area contributed by atoms with Crippen LogP contribution in [0.4, 0.5) is 11.6 Å². The Kier molecular flexibility index (Phi) is 5.17. The smallest absolute Gasteiger partial charge is 0.135 e. The Morgan fingerprint density at radius 2 is 2.05 bits per heavy atom. The molecule has 0 saturated carbocycles. The van der Waals surface area contributed by atoms with Gasteiger partial charge in [0.25, 0.3) is 0 Å². The molecule has 2 heterocycles. The van der Waals surface area contributed by atoms with Crippen LogP contribution in [0.5, 0.6) is 0 Å². The van der Waals surface area contributed by atoms with E-state index in [2.05, 4.69) is 29.0 Å². The van der Waals surface area contributed by atoms with Crippen molar-refractivity contribution in [2.24, 2.45) is 5.92 Å². The summed E-state index contributed by atoms with van der Waals surface area (Å²) in [6.45, 7) is 7.22. The van der Waals surface area contributed by atoms with Crippen molar-refractivity contribution in [2.75, 3.05) is 44.1 Å². The number of nitrogens with one attached hydrogen (secondary N) is 1. The maximum atomic E-state index is 5.26. The van der Waals surface area contributed by atoms with Gasteiger partial charge in [0.2, 0.25) is 0 Å². The van der Waals surface area contributed by atoms with Gasteiger partial charge in [-0.05, 0) is 18.8 Å². The third kappa shape index (κ3) is 3.60. The molecule has 20 heavy (non-hydrogen) atoms. The molecule has 0 bridgehead atoms. The molecule has 1 fully saturated rings. The molecule has 0 atom stereocenters. The fraction of sp³-hybridized carbons (Fsp3) is 0.733. The van der Waals surface area contributed by atoms with Crippen LogP contribution in [0.3, 0.4) is 0 Å². The predicted molar refractivity (Wildman–Crippen MR) is 82.5 cm³/mol. The van der Waals surface area contributed by atoms with E-state index in [0.717, 1.165) is 37.2 Å². The Bertz CT molecular complexity index is 428. The van der Waals surface area contributed by atoms with Gasteiger partial charge in [0, 0.05) is 45.8 Å². The van der Waals surface area contributed by atoms with Gasteiger partial charge in [-0.1, -0.05) is 13.8 Å². The van der Waals surface area contributed by atoms with E-state index in [-0.39, 0.29) is 0 Å². The van der Waals surface area contributed by atoms with Crippen molar-refractivity contribution in [3.63, 3.8) is 0 Å². The first kappa shape index (κ1) is 15.0. The van der Waals surface area contributed by atoms with Gasteiger partial charge < -0.3 is 15.0 Å². The molecule has 1 aliphatic rings. The number of aromatic nitrogens is 2. The number of hydrogen-bond donors (Lipinski definition) is 1. The molecule has 0 amide bonds. The number of methoxy groups -OCH3 is 1. The van der Waals surface area contributed by atoms with Gasteiger partial charge in [-0.3, -0.25) is 0 Å². The molecule has 0 spiro atoms. The van der Waals surface area contributed by atoms with Crippen LogP contribution in [-0.2, 0) is 4.74 Å². The molecule has 1 N–H and O–H groups in total. The molecule has 5 nitrogen and oxygen atoms in total. The van der Waals surface area contributed by atoms with Crippen molar-refractivity contribution >= 4 is 11.6 Å². The van der Waals surface area contributed by atoms with Crippen LogP contribution in [0.1, 0.15) is 38.4 Å². The Morgan fingerprint density at radius 3 is 2.60 bits per heavy atom. The monoisotopic (exact) mass is 278 g/mol. The summed E-state index contributed by atoms with van der Waals surface area (Å²) in [5, 5.41) is 3.13. The standard InChI is InChI=1S/C15H26N4O/c1-11(2)15-17-13(16-3)9-14(18-15)19-7-5-12(6-8-19)10-20-4/h9,11-12H,5-8,10H2,1-4H3,(H,16,17,18). The highest BCUT2D eigenvalue weighted by atomic mass is 16.5. The fourth-order valence-electron chi connectivity index (χ4n) is 2.57. The van der Waals surface area contributed by atoms with Crippen molar-refractivity contribution in [3.05, 3.63) is 11.9 Å². The fourth-order valence-corrected chi connectivity index (χ4v) is 2.57. The molecular weight excluding hydrogens is 252 g/mol. The zero-order chi connectivity index (χ0) is 14.5. The number of nitrogens with zero attached hydrogens (tertiary/aromatic N) is 3. The van der Waals surface area contributed by atoms with Gasteiger partial charge in [0.1, 0.15) is 17.5 Å². The van der Waals surface area contributed by atoms with E-state index < -0.39 is 0 Å². The van der Waals surface area contributed by atoms with E-state index in [0.29, 0.717) is 11.8 Å². The summed E-state index contributed by atoms with van der Waals surface area (Å²) in [4.78, 5) is 11.6.